The molecule has 82 valence electrons. The highest BCUT2D eigenvalue weighted by Gasteiger charge is 2.19. The van der Waals surface area contributed by atoms with Crippen molar-refractivity contribution in [2.75, 3.05) is 13.7 Å². The van der Waals surface area contributed by atoms with E-state index in [0.29, 0.717) is 13.0 Å². The Bertz CT molecular complexity index is 206. The second-order valence-electron chi connectivity index (χ2n) is 3.23. The lowest BCUT2D eigenvalue weighted by Gasteiger charge is -2.15. The third-order valence-corrected chi connectivity index (χ3v) is 1.96. The molecule has 2 atom stereocenters. The van der Waals surface area contributed by atoms with Gasteiger partial charge >= 0.3 is 5.97 Å². The maximum atomic E-state index is 11.4. The van der Waals surface area contributed by atoms with Crippen molar-refractivity contribution in [3.63, 3.8) is 0 Å². The second kappa shape index (κ2) is 6.37. The molecule has 0 aromatic rings. The van der Waals surface area contributed by atoms with E-state index in [1.165, 1.54) is 7.11 Å². The van der Waals surface area contributed by atoms with Gasteiger partial charge in [-0.2, -0.15) is 0 Å². The van der Waals surface area contributed by atoms with Crippen LogP contribution in [-0.4, -0.2) is 31.6 Å². The molecule has 0 fully saturated rings. The molecule has 0 aliphatic rings. The van der Waals surface area contributed by atoms with Gasteiger partial charge in [-0.1, -0.05) is 6.92 Å². The van der Waals surface area contributed by atoms with Gasteiger partial charge in [-0.05, 0) is 19.9 Å². The fraction of sp³-hybridized carbons (Fsp3) is 0.778. The second-order valence-corrected chi connectivity index (χ2v) is 3.23. The Hall–Kier alpha value is -1.10. The van der Waals surface area contributed by atoms with E-state index in [9.17, 15) is 9.59 Å². The number of rotatable bonds is 5. The van der Waals surface area contributed by atoms with Crippen molar-refractivity contribution in [1.29, 1.82) is 0 Å². The van der Waals surface area contributed by atoms with Crippen molar-refractivity contribution < 1.29 is 14.3 Å². The number of hydrogen-bond acceptors (Lipinski definition) is 4. The number of ether oxygens (including phenoxy) is 1. The van der Waals surface area contributed by atoms with Gasteiger partial charge < -0.3 is 15.8 Å². The summed E-state index contributed by atoms with van der Waals surface area (Å²) >= 11 is 0. The average Bonchev–Trinajstić information content (AvgIpc) is 2.16. The molecule has 0 aromatic carbocycles. The summed E-state index contributed by atoms with van der Waals surface area (Å²) in [6, 6.07) is -0.604. The van der Waals surface area contributed by atoms with Crippen molar-refractivity contribution in [1.82, 2.24) is 5.32 Å². The van der Waals surface area contributed by atoms with Gasteiger partial charge in [0.05, 0.1) is 7.11 Å². The lowest BCUT2D eigenvalue weighted by Crippen LogP contribution is -2.42. The van der Waals surface area contributed by atoms with Crippen LogP contribution in [0.2, 0.25) is 0 Å². The summed E-state index contributed by atoms with van der Waals surface area (Å²) in [5.74, 6) is -0.793. The number of nitrogens with one attached hydrogen (secondary N) is 1. The predicted molar refractivity (Wildman–Crippen MR) is 52.5 cm³/mol. The van der Waals surface area contributed by atoms with Crippen molar-refractivity contribution in [3.05, 3.63) is 0 Å². The molecule has 0 aromatic heterocycles. The Kier molecular flexibility index (Phi) is 5.87. The number of amides is 1. The summed E-state index contributed by atoms with van der Waals surface area (Å²) < 4.78 is 4.47. The molecule has 0 saturated heterocycles. The van der Waals surface area contributed by atoms with E-state index in [0.717, 1.165) is 0 Å². The number of hydrogen-bond donors (Lipinski definition) is 2. The molecular weight excluding hydrogens is 184 g/mol. The van der Waals surface area contributed by atoms with Gasteiger partial charge in [0.2, 0.25) is 5.91 Å². The minimum Gasteiger partial charge on any atom is -0.467 e. The number of nitrogens with two attached hydrogens (primary N) is 1. The van der Waals surface area contributed by atoms with Gasteiger partial charge in [0.1, 0.15) is 6.04 Å². The molecule has 0 spiro atoms. The number of carbonyl (C=O) groups is 2. The Morgan fingerprint density at radius 3 is 2.43 bits per heavy atom. The summed E-state index contributed by atoms with van der Waals surface area (Å²) in [6.45, 7) is 3.81. The van der Waals surface area contributed by atoms with Gasteiger partial charge in [0.15, 0.2) is 0 Å². The number of methoxy groups -OCH3 is 1. The Morgan fingerprint density at radius 2 is 2.00 bits per heavy atom. The Labute approximate surface area is 84.0 Å². The van der Waals surface area contributed by atoms with E-state index >= 15 is 0 Å². The summed E-state index contributed by atoms with van der Waals surface area (Å²) in [5, 5.41) is 2.55. The topological polar surface area (TPSA) is 81.4 Å². The van der Waals surface area contributed by atoms with Crippen LogP contribution < -0.4 is 11.1 Å². The van der Waals surface area contributed by atoms with E-state index in [-0.39, 0.29) is 11.8 Å². The molecule has 0 rings (SSSR count). The summed E-state index contributed by atoms with van der Waals surface area (Å²) in [7, 11) is 1.29. The van der Waals surface area contributed by atoms with Crippen LogP contribution in [0.15, 0.2) is 0 Å². The summed E-state index contributed by atoms with van der Waals surface area (Å²) in [4.78, 5) is 22.4. The summed E-state index contributed by atoms with van der Waals surface area (Å²) in [5.41, 5.74) is 5.31. The molecule has 5 nitrogen and oxygen atoms in total. The molecule has 0 aliphatic heterocycles. The summed E-state index contributed by atoms with van der Waals surface area (Å²) in [6.07, 6.45) is 0.611. The van der Waals surface area contributed by atoms with E-state index in [1.807, 2.05) is 0 Å². The Morgan fingerprint density at radius 1 is 1.43 bits per heavy atom. The maximum Gasteiger partial charge on any atom is 0.328 e. The monoisotopic (exact) mass is 202 g/mol. The normalized spacial score (nSPS) is 14.3. The smallest absolute Gasteiger partial charge is 0.328 e. The van der Waals surface area contributed by atoms with E-state index in [4.69, 9.17) is 5.73 Å². The maximum absolute atomic E-state index is 11.4. The van der Waals surface area contributed by atoms with Crippen molar-refractivity contribution >= 4 is 11.9 Å². The van der Waals surface area contributed by atoms with Crippen LogP contribution in [0.1, 0.15) is 20.3 Å². The minimum absolute atomic E-state index is 0.173. The van der Waals surface area contributed by atoms with Crippen LogP contribution in [0.3, 0.4) is 0 Å². The lowest BCUT2D eigenvalue weighted by atomic mass is 10.1. The first kappa shape index (κ1) is 12.9. The fourth-order valence-electron chi connectivity index (χ4n) is 0.972. The zero-order chi connectivity index (χ0) is 11.1. The van der Waals surface area contributed by atoms with Gasteiger partial charge in [0, 0.05) is 5.92 Å². The van der Waals surface area contributed by atoms with E-state index in [1.54, 1.807) is 13.8 Å². The van der Waals surface area contributed by atoms with Gasteiger partial charge in [-0.25, -0.2) is 4.79 Å². The minimum atomic E-state index is -0.604. The first-order valence-electron chi connectivity index (χ1n) is 4.61. The van der Waals surface area contributed by atoms with Crippen molar-refractivity contribution in [3.8, 4) is 0 Å². The highest BCUT2D eigenvalue weighted by Crippen LogP contribution is 2.00. The predicted octanol–water partition coefficient (Wildman–Crippen LogP) is -0.351. The zero-order valence-corrected chi connectivity index (χ0v) is 8.87. The molecule has 5 heteroatoms. The van der Waals surface area contributed by atoms with Crippen LogP contribution in [0.25, 0.3) is 0 Å². The van der Waals surface area contributed by atoms with Crippen LogP contribution in [-0.2, 0) is 14.3 Å². The first-order valence-corrected chi connectivity index (χ1v) is 4.61. The Balaban J connectivity index is 3.98. The molecule has 0 radical (unpaired) electrons. The van der Waals surface area contributed by atoms with Crippen LogP contribution in [0, 0.1) is 5.92 Å². The number of carbonyl (C=O) groups excluding carboxylic acids is 2. The molecule has 0 heterocycles. The average molecular weight is 202 g/mol. The van der Waals surface area contributed by atoms with Crippen molar-refractivity contribution in [2.45, 2.75) is 26.3 Å². The molecular formula is C9H18N2O3. The van der Waals surface area contributed by atoms with Crippen LogP contribution >= 0.6 is 0 Å². The standard InChI is InChI=1S/C9H18N2O3/c1-6(4-5-10)8(12)11-7(2)9(13)14-3/h6-7H,4-5,10H2,1-3H3,(H,11,12). The third kappa shape index (κ3) is 4.23. The first-order chi connectivity index (χ1) is 6.52. The van der Waals surface area contributed by atoms with E-state index in [2.05, 4.69) is 10.1 Å². The van der Waals surface area contributed by atoms with Gasteiger partial charge in [-0.15, -0.1) is 0 Å². The fourth-order valence-corrected chi connectivity index (χ4v) is 0.972. The molecule has 0 aliphatic carbocycles. The largest absolute Gasteiger partial charge is 0.467 e. The third-order valence-electron chi connectivity index (χ3n) is 1.96. The molecule has 0 bridgehead atoms. The highest BCUT2D eigenvalue weighted by molar-refractivity contribution is 5.85. The quantitative estimate of drug-likeness (QED) is 0.597. The molecule has 3 N–H and O–H groups in total. The molecule has 2 unspecified atom stereocenters. The van der Waals surface area contributed by atoms with Crippen LogP contribution in [0.5, 0.6) is 0 Å². The zero-order valence-electron chi connectivity index (χ0n) is 8.87. The molecule has 0 saturated carbocycles. The molecule has 1 amide bonds. The number of esters is 1. The SMILES string of the molecule is COC(=O)C(C)NC(=O)C(C)CCN. The van der Waals surface area contributed by atoms with Gasteiger partial charge in [0.25, 0.3) is 0 Å². The van der Waals surface area contributed by atoms with Crippen molar-refractivity contribution in [2.24, 2.45) is 11.7 Å². The highest BCUT2D eigenvalue weighted by atomic mass is 16.5. The lowest BCUT2D eigenvalue weighted by molar-refractivity contribution is -0.145. The van der Waals surface area contributed by atoms with E-state index < -0.39 is 12.0 Å². The van der Waals surface area contributed by atoms with Gasteiger partial charge in [-0.3, -0.25) is 4.79 Å². The van der Waals surface area contributed by atoms with Crippen LogP contribution in [0.4, 0.5) is 0 Å². The molecule has 14 heavy (non-hydrogen) atoms.